The highest BCUT2D eigenvalue weighted by Gasteiger charge is 2.53. The average molecular weight is 569 g/mol. The van der Waals surface area contributed by atoms with E-state index in [9.17, 15) is 29.7 Å². The van der Waals surface area contributed by atoms with Crippen LogP contribution in [0.4, 0.5) is 0 Å². The van der Waals surface area contributed by atoms with E-state index in [-0.39, 0.29) is 42.8 Å². The van der Waals surface area contributed by atoms with Crippen molar-refractivity contribution in [1.82, 2.24) is 4.90 Å². The molecule has 4 atom stereocenters. The number of benzene rings is 2. The molecular formula is C28H28N2O11. The SMILES string of the molecule is COc1cc([C@@H]2c3cc4c(cc3[C@@H](N=C3CC(=O)N(C(CO)CO)C3=O)[C@H]3COC(=O)[C@H]23)OCO4)cc(OC)c1O. The number of aliphatic hydroxyl groups is 2. The van der Waals surface area contributed by atoms with Crippen LogP contribution in [0, 0.1) is 11.8 Å². The molecule has 4 aliphatic rings. The maximum Gasteiger partial charge on any atom is 0.310 e. The molecule has 0 spiro atoms. The molecule has 3 aliphatic heterocycles. The number of esters is 1. The fraction of sp³-hybridized carbons (Fsp3) is 0.429. The third-order valence-electron chi connectivity index (χ3n) is 8.14. The van der Waals surface area contributed by atoms with Crippen LogP contribution in [0.3, 0.4) is 0 Å². The van der Waals surface area contributed by atoms with Crippen molar-refractivity contribution >= 4 is 23.5 Å². The van der Waals surface area contributed by atoms with Crippen LogP contribution in [0.2, 0.25) is 0 Å². The first-order valence-electron chi connectivity index (χ1n) is 13.0. The molecule has 13 heteroatoms. The third kappa shape index (κ3) is 4.15. The predicted molar refractivity (Wildman–Crippen MR) is 138 cm³/mol. The van der Waals surface area contributed by atoms with Crippen molar-refractivity contribution in [3.63, 3.8) is 0 Å². The van der Waals surface area contributed by atoms with E-state index in [0.29, 0.717) is 28.2 Å². The molecule has 216 valence electrons. The Labute approximate surface area is 233 Å². The number of ether oxygens (including phenoxy) is 5. The number of phenolic OH excluding ortho intramolecular Hbond substituents is 1. The van der Waals surface area contributed by atoms with Crippen molar-refractivity contribution < 1.29 is 53.4 Å². The number of hydrogen-bond acceptors (Lipinski definition) is 12. The Kier molecular flexibility index (Phi) is 6.70. The van der Waals surface area contributed by atoms with Gasteiger partial charge in [-0.1, -0.05) is 0 Å². The maximum absolute atomic E-state index is 13.3. The molecule has 0 radical (unpaired) electrons. The Morgan fingerprint density at radius 3 is 2.22 bits per heavy atom. The number of amides is 2. The molecule has 13 nitrogen and oxygen atoms in total. The Morgan fingerprint density at radius 2 is 1.61 bits per heavy atom. The number of carbonyl (C=O) groups excluding carboxylic acids is 3. The highest BCUT2D eigenvalue weighted by molar-refractivity contribution is 6.48. The summed E-state index contributed by atoms with van der Waals surface area (Å²) < 4.78 is 27.6. The number of likely N-dealkylation sites (tertiary alicyclic amines) is 1. The predicted octanol–water partition coefficient (Wildman–Crippen LogP) is 0.667. The van der Waals surface area contributed by atoms with Gasteiger partial charge < -0.3 is 39.0 Å². The zero-order valence-electron chi connectivity index (χ0n) is 22.2. The second-order valence-corrected chi connectivity index (χ2v) is 10.2. The number of aliphatic imine (C=N–C) groups is 1. The number of aliphatic hydroxyl groups excluding tert-OH is 2. The topological polar surface area (TPSA) is 174 Å². The molecule has 0 aromatic heterocycles. The number of methoxy groups -OCH3 is 2. The number of imide groups is 1. The number of rotatable bonds is 7. The highest BCUT2D eigenvalue weighted by atomic mass is 16.7. The Morgan fingerprint density at radius 1 is 0.976 bits per heavy atom. The lowest BCUT2D eigenvalue weighted by Crippen LogP contribution is -2.45. The van der Waals surface area contributed by atoms with E-state index in [1.165, 1.54) is 14.2 Å². The number of carbonyl (C=O) groups is 3. The molecular weight excluding hydrogens is 540 g/mol. The summed E-state index contributed by atoms with van der Waals surface area (Å²) in [6.07, 6.45) is -0.312. The summed E-state index contributed by atoms with van der Waals surface area (Å²) in [5, 5.41) is 29.7. The number of fused-ring (bicyclic) bond motifs is 3. The fourth-order valence-electron chi connectivity index (χ4n) is 6.21. The summed E-state index contributed by atoms with van der Waals surface area (Å²) in [7, 11) is 2.82. The molecule has 2 aromatic rings. The van der Waals surface area contributed by atoms with Gasteiger partial charge in [0.25, 0.3) is 5.91 Å². The molecule has 0 saturated carbocycles. The summed E-state index contributed by atoms with van der Waals surface area (Å²) in [5.41, 5.74) is 1.89. The minimum Gasteiger partial charge on any atom is -0.502 e. The lowest BCUT2D eigenvalue weighted by molar-refractivity contribution is -0.142. The van der Waals surface area contributed by atoms with Crippen molar-refractivity contribution in [2.24, 2.45) is 16.8 Å². The summed E-state index contributed by atoms with van der Waals surface area (Å²) >= 11 is 0. The molecule has 2 amide bonds. The average Bonchev–Trinajstić information content (AvgIpc) is 3.67. The molecule has 0 unspecified atom stereocenters. The van der Waals surface area contributed by atoms with Crippen LogP contribution in [-0.4, -0.2) is 90.6 Å². The minimum absolute atomic E-state index is 0.00346. The second-order valence-electron chi connectivity index (χ2n) is 10.2. The van der Waals surface area contributed by atoms with Crippen LogP contribution >= 0.6 is 0 Å². The molecule has 3 N–H and O–H groups in total. The zero-order chi connectivity index (χ0) is 29.0. The number of aromatic hydroxyl groups is 1. The summed E-state index contributed by atoms with van der Waals surface area (Å²) in [4.78, 5) is 44.8. The number of cyclic esters (lactones) is 1. The lowest BCUT2D eigenvalue weighted by atomic mass is 9.65. The van der Waals surface area contributed by atoms with Gasteiger partial charge in [0.05, 0.1) is 58.5 Å². The molecule has 3 heterocycles. The first kappa shape index (κ1) is 26.8. The van der Waals surface area contributed by atoms with Crippen LogP contribution < -0.4 is 18.9 Å². The molecule has 0 bridgehead atoms. The van der Waals surface area contributed by atoms with Crippen molar-refractivity contribution in [1.29, 1.82) is 0 Å². The van der Waals surface area contributed by atoms with Gasteiger partial charge in [0, 0.05) is 11.8 Å². The van der Waals surface area contributed by atoms with Gasteiger partial charge in [-0.05, 0) is 41.0 Å². The van der Waals surface area contributed by atoms with Crippen LogP contribution in [0.25, 0.3) is 0 Å². The van der Waals surface area contributed by atoms with Gasteiger partial charge in [-0.15, -0.1) is 0 Å². The van der Waals surface area contributed by atoms with E-state index in [1.54, 1.807) is 24.3 Å². The van der Waals surface area contributed by atoms with Gasteiger partial charge in [-0.2, -0.15) is 0 Å². The van der Waals surface area contributed by atoms with Gasteiger partial charge >= 0.3 is 5.97 Å². The third-order valence-corrected chi connectivity index (χ3v) is 8.14. The molecule has 2 saturated heterocycles. The van der Waals surface area contributed by atoms with Gasteiger partial charge in [0.1, 0.15) is 5.71 Å². The Bertz CT molecular complexity index is 1440. The zero-order valence-corrected chi connectivity index (χ0v) is 22.2. The van der Waals surface area contributed by atoms with Crippen molar-refractivity contribution in [2.45, 2.75) is 24.4 Å². The lowest BCUT2D eigenvalue weighted by Gasteiger charge is -2.37. The van der Waals surface area contributed by atoms with E-state index in [0.717, 1.165) is 4.90 Å². The largest absolute Gasteiger partial charge is 0.502 e. The quantitative estimate of drug-likeness (QED) is 0.316. The van der Waals surface area contributed by atoms with Crippen molar-refractivity contribution in [3.8, 4) is 28.7 Å². The van der Waals surface area contributed by atoms with Gasteiger partial charge in [-0.3, -0.25) is 24.3 Å². The maximum atomic E-state index is 13.3. The Hall–Kier alpha value is -4.36. The molecule has 2 fully saturated rings. The molecule has 6 rings (SSSR count). The fourth-order valence-corrected chi connectivity index (χ4v) is 6.21. The first-order chi connectivity index (χ1) is 19.8. The number of nitrogens with zero attached hydrogens (tertiary/aromatic N) is 2. The van der Waals surface area contributed by atoms with Crippen LogP contribution in [-0.2, 0) is 19.1 Å². The monoisotopic (exact) mass is 568 g/mol. The summed E-state index contributed by atoms with van der Waals surface area (Å²) in [6, 6.07) is 4.95. The summed E-state index contributed by atoms with van der Waals surface area (Å²) in [5.74, 6) is -2.56. The van der Waals surface area contributed by atoms with E-state index < -0.39 is 60.8 Å². The van der Waals surface area contributed by atoms with Gasteiger partial charge in [-0.25, -0.2) is 0 Å². The molecule has 41 heavy (non-hydrogen) atoms. The Balaban J connectivity index is 1.52. The smallest absolute Gasteiger partial charge is 0.310 e. The van der Waals surface area contributed by atoms with Crippen molar-refractivity contribution in [3.05, 3.63) is 41.0 Å². The number of hydrogen-bond donors (Lipinski definition) is 3. The number of phenols is 1. The van der Waals surface area contributed by atoms with Crippen LogP contribution in [0.15, 0.2) is 29.3 Å². The minimum atomic E-state index is -1.08. The van der Waals surface area contributed by atoms with E-state index >= 15 is 0 Å². The molecule has 1 aliphatic carbocycles. The van der Waals surface area contributed by atoms with Crippen molar-refractivity contribution in [2.75, 3.05) is 40.8 Å². The van der Waals surface area contributed by atoms with E-state index in [2.05, 4.69) is 0 Å². The van der Waals surface area contributed by atoms with Crippen LogP contribution in [0.5, 0.6) is 28.7 Å². The van der Waals surface area contributed by atoms with Gasteiger partial charge in [0.2, 0.25) is 18.4 Å². The van der Waals surface area contributed by atoms with Crippen LogP contribution in [0.1, 0.15) is 35.1 Å². The highest BCUT2D eigenvalue weighted by Crippen LogP contribution is 2.56. The van der Waals surface area contributed by atoms with E-state index in [1.807, 2.05) is 0 Å². The normalized spacial score (nSPS) is 25.5. The molecule has 2 aromatic carbocycles. The standard InChI is InChI=1S/C28H28N2O11/c1-37-20-3-12(4-21(38-2)26(20)34)23-14-5-18-19(41-11-40-18)6-15(14)25(16-10-39-28(36)24(16)23)29-17-7-22(33)30(27(17)35)13(8-31)9-32/h3-6,13,16,23-25,31-32,34H,7-11H2,1-2H3/t16-,23+,24-,25+/m0/s1. The first-order valence-corrected chi connectivity index (χ1v) is 13.0. The second kappa shape index (κ2) is 10.2. The summed E-state index contributed by atoms with van der Waals surface area (Å²) in [6.45, 7) is -1.16. The van der Waals surface area contributed by atoms with E-state index in [4.69, 9.17) is 28.7 Å². The van der Waals surface area contributed by atoms with Gasteiger partial charge in [0.15, 0.2) is 23.0 Å².